The molecule has 1 heteroatoms. The van der Waals surface area contributed by atoms with Gasteiger partial charge in [0.1, 0.15) is 0 Å². The second-order valence-electron chi connectivity index (χ2n) is 6.35. The first-order valence-corrected chi connectivity index (χ1v) is 7.75. The van der Waals surface area contributed by atoms with Gasteiger partial charge in [-0.05, 0) is 47.3 Å². The van der Waals surface area contributed by atoms with Gasteiger partial charge in [0.2, 0.25) is 0 Å². The SMILES string of the molecule is NC(c1ccc(-c2ccccc2)cc1)C1C2CCCC21. The van der Waals surface area contributed by atoms with Crippen LogP contribution in [0, 0.1) is 17.8 Å². The second kappa shape index (κ2) is 4.75. The number of rotatable bonds is 3. The average molecular weight is 263 g/mol. The Morgan fingerprint density at radius 3 is 2.05 bits per heavy atom. The number of fused-ring (bicyclic) bond motifs is 1. The summed E-state index contributed by atoms with van der Waals surface area (Å²) >= 11 is 0. The van der Waals surface area contributed by atoms with Crippen molar-refractivity contribution >= 4 is 0 Å². The molecule has 2 aliphatic carbocycles. The van der Waals surface area contributed by atoms with Crippen molar-refractivity contribution in [3.63, 3.8) is 0 Å². The van der Waals surface area contributed by atoms with Gasteiger partial charge in [-0.25, -0.2) is 0 Å². The minimum atomic E-state index is 0.245. The highest BCUT2D eigenvalue weighted by Crippen LogP contribution is 2.61. The maximum atomic E-state index is 6.48. The molecule has 4 rings (SSSR count). The van der Waals surface area contributed by atoms with E-state index < -0.39 is 0 Å². The van der Waals surface area contributed by atoms with Gasteiger partial charge < -0.3 is 5.73 Å². The molecule has 2 N–H and O–H groups in total. The van der Waals surface area contributed by atoms with Crippen molar-refractivity contribution in [2.24, 2.45) is 23.5 Å². The third kappa shape index (κ3) is 1.97. The van der Waals surface area contributed by atoms with Gasteiger partial charge in [0, 0.05) is 6.04 Å². The summed E-state index contributed by atoms with van der Waals surface area (Å²) < 4.78 is 0. The predicted molar refractivity (Wildman–Crippen MR) is 83.1 cm³/mol. The van der Waals surface area contributed by atoms with Gasteiger partial charge in [0.25, 0.3) is 0 Å². The van der Waals surface area contributed by atoms with E-state index in [1.165, 1.54) is 36.0 Å². The first-order valence-electron chi connectivity index (χ1n) is 7.75. The van der Waals surface area contributed by atoms with E-state index >= 15 is 0 Å². The van der Waals surface area contributed by atoms with Crippen molar-refractivity contribution in [3.8, 4) is 11.1 Å². The Balaban J connectivity index is 1.53. The number of hydrogen-bond donors (Lipinski definition) is 1. The van der Waals surface area contributed by atoms with E-state index in [1.807, 2.05) is 0 Å². The summed E-state index contributed by atoms with van der Waals surface area (Å²) in [6.45, 7) is 0. The lowest BCUT2D eigenvalue weighted by molar-refractivity contribution is 0.502. The fourth-order valence-electron chi connectivity index (χ4n) is 4.16. The maximum absolute atomic E-state index is 6.48. The van der Waals surface area contributed by atoms with Crippen LogP contribution in [-0.2, 0) is 0 Å². The first-order chi connectivity index (χ1) is 9.84. The van der Waals surface area contributed by atoms with Crippen LogP contribution in [0.5, 0.6) is 0 Å². The molecule has 0 heterocycles. The summed E-state index contributed by atoms with van der Waals surface area (Å²) in [5.41, 5.74) is 10.3. The fourth-order valence-corrected chi connectivity index (χ4v) is 4.16. The van der Waals surface area contributed by atoms with Crippen LogP contribution >= 0.6 is 0 Å². The minimum Gasteiger partial charge on any atom is -0.324 e. The molecule has 1 nitrogen and oxygen atoms in total. The molecule has 2 aromatic rings. The quantitative estimate of drug-likeness (QED) is 0.872. The van der Waals surface area contributed by atoms with Gasteiger partial charge in [-0.15, -0.1) is 0 Å². The van der Waals surface area contributed by atoms with Gasteiger partial charge in [-0.1, -0.05) is 61.0 Å². The molecule has 0 saturated heterocycles. The van der Waals surface area contributed by atoms with E-state index in [-0.39, 0.29) is 6.04 Å². The number of benzene rings is 2. The Morgan fingerprint density at radius 1 is 0.800 bits per heavy atom. The smallest absolute Gasteiger partial charge is 0.0329 e. The highest BCUT2D eigenvalue weighted by atomic mass is 14.7. The van der Waals surface area contributed by atoms with Crippen LogP contribution in [-0.4, -0.2) is 0 Å². The molecule has 2 fully saturated rings. The van der Waals surface area contributed by atoms with Crippen molar-refractivity contribution in [2.75, 3.05) is 0 Å². The highest BCUT2D eigenvalue weighted by molar-refractivity contribution is 5.63. The molecular weight excluding hydrogens is 242 g/mol. The molecule has 0 bridgehead atoms. The summed E-state index contributed by atoms with van der Waals surface area (Å²) in [7, 11) is 0. The zero-order chi connectivity index (χ0) is 13.5. The lowest BCUT2D eigenvalue weighted by atomic mass is 9.95. The lowest BCUT2D eigenvalue weighted by Gasteiger charge is -2.14. The molecule has 0 radical (unpaired) electrons. The Labute approximate surface area is 120 Å². The molecular formula is C19H21N. The molecule has 102 valence electrons. The summed E-state index contributed by atoms with van der Waals surface area (Å²) in [6, 6.07) is 19.6. The highest BCUT2D eigenvalue weighted by Gasteiger charge is 2.55. The van der Waals surface area contributed by atoms with E-state index in [2.05, 4.69) is 54.6 Å². The Hall–Kier alpha value is -1.60. The molecule has 2 aliphatic rings. The normalized spacial score (nSPS) is 28.9. The zero-order valence-electron chi connectivity index (χ0n) is 11.7. The Bertz CT molecular complexity index is 577. The van der Waals surface area contributed by atoms with E-state index in [4.69, 9.17) is 5.73 Å². The largest absolute Gasteiger partial charge is 0.324 e. The summed E-state index contributed by atoms with van der Waals surface area (Å²) in [5.74, 6) is 2.61. The van der Waals surface area contributed by atoms with Crippen LogP contribution < -0.4 is 5.73 Å². The van der Waals surface area contributed by atoms with Crippen LogP contribution in [0.3, 0.4) is 0 Å². The summed E-state index contributed by atoms with van der Waals surface area (Å²) in [4.78, 5) is 0. The molecule has 0 aromatic heterocycles. The van der Waals surface area contributed by atoms with Crippen LogP contribution in [0.25, 0.3) is 11.1 Å². The molecule has 20 heavy (non-hydrogen) atoms. The zero-order valence-corrected chi connectivity index (χ0v) is 11.7. The second-order valence-corrected chi connectivity index (χ2v) is 6.35. The van der Waals surface area contributed by atoms with Crippen LogP contribution in [0.15, 0.2) is 54.6 Å². The van der Waals surface area contributed by atoms with Crippen LogP contribution in [0.2, 0.25) is 0 Å². The minimum absolute atomic E-state index is 0.245. The number of nitrogens with two attached hydrogens (primary N) is 1. The molecule has 0 aliphatic heterocycles. The van der Waals surface area contributed by atoms with Gasteiger partial charge in [-0.3, -0.25) is 0 Å². The molecule has 3 atom stereocenters. The van der Waals surface area contributed by atoms with Crippen molar-refractivity contribution in [2.45, 2.75) is 25.3 Å². The molecule has 0 amide bonds. The third-order valence-corrected chi connectivity index (χ3v) is 5.29. The lowest BCUT2D eigenvalue weighted by Crippen LogP contribution is -2.15. The van der Waals surface area contributed by atoms with Gasteiger partial charge in [-0.2, -0.15) is 0 Å². The fraction of sp³-hybridized carbons (Fsp3) is 0.368. The van der Waals surface area contributed by atoms with Gasteiger partial charge in [0.05, 0.1) is 0 Å². The molecule has 0 spiro atoms. The molecule has 2 aromatic carbocycles. The van der Waals surface area contributed by atoms with Gasteiger partial charge >= 0.3 is 0 Å². The van der Waals surface area contributed by atoms with E-state index in [0.29, 0.717) is 0 Å². The van der Waals surface area contributed by atoms with E-state index in [9.17, 15) is 0 Å². The first kappa shape index (κ1) is 12.2. The van der Waals surface area contributed by atoms with Crippen molar-refractivity contribution in [3.05, 3.63) is 60.2 Å². The maximum Gasteiger partial charge on any atom is 0.0329 e. The van der Waals surface area contributed by atoms with Crippen LogP contribution in [0.1, 0.15) is 30.9 Å². The topological polar surface area (TPSA) is 26.0 Å². The third-order valence-electron chi connectivity index (χ3n) is 5.29. The molecule has 3 unspecified atom stereocenters. The average Bonchev–Trinajstić information content (AvgIpc) is 2.99. The van der Waals surface area contributed by atoms with Crippen molar-refractivity contribution in [1.29, 1.82) is 0 Å². The summed E-state index contributed by atoms with van der Waals surface area (Å²) in [5, 5.41) is 0. The Kier molecular flexibility index (Phi) is 2.89. The Morgan fingerprint density at radius 2 is 1.40 bits per heavy atom. The van der Waals surface area contributed by atoms with Gasteiger partial charge in [0.15, 0.2) is 0 Å². The van der Waals surface area contributed by atoms with Crippen molar-refractivity contribution < 1.29 is 0 Å². The number of hydrogen-bond acceptors (Lipinski definition) is 1. The van der Waals surface area contributed by atoms with Crippen molar-refractivity contribution in [1.82, 2.24) is 0 Å². The summed E-state index contributed by atoms with van der Waals surface area (Å²) in [6.07, 6.45) is 4.24. The monoisotopic (exact) mass is 263 g/mol. The standard InChI is InChI=1S/C19H21N/c20-19(18-16-7-4-8-17(16)18)15-11-9-14(10-12-15)13-5-2-1-3-6-13/h1-3,5-6,9-12,16-19H,4,7-8,20H2. The van der Waals surface area contributed by atoms with Crippen LogP contribution in [0.4, 0.5) is 0 Å². The predicted octanol–water partition coefficient (Wildman–Crippen LogP) is 4.40. The molecule has 2 saturated carbocycles. The van der Waals surface area contributed by atoms with E-state index in [1.54, 1.807) is 0 Å². The van der Waals surface area contributed by atoms with E-state index in [0.717, 1.165) is 17.8 Å².